The van der Waals surface area contributed by atoms with E-state index in [0.717, 1.165) is 24.3 Å². The summed E-state index contributed by atoms with van der Waals surface area (Å²) in [6.45, 7) is -0.514. The van der Waals surface area contributed by atoms with E-state index in [1.807, 2.05) is 0 Å². The molecule has 2 aromatic carbocycles. The monoisotopic (exact) mass is 281 g/mol. The Bertz CT molecular complexity index is 661. The molecule has 0 aromatic heterocycles. The summed E-state index contributed by atoms with van der Waals surface area (Å²) in [7, 11) is 0. The van der Waals surface area contributed by atoms with Crippen molar-refractivity contribution in [3.63, 3.8) is 0 Å². The minimum absolute atomic E-state index is 0.0589. The summed E-state index contributed by atoms with van der Waals surface area (Å²) < 4.78 is 31.4. The van der Waals surface area contributed by atoms with Gasteiger partial charge in [-0.2, -0.15) is 0 Å². The van der Waals surface area contributed by atoms with Gasteiger partial charge in [0.15, 0.2) is 11.6 Å². The first-order chi connectivity index (χ1) is 9.51. The maximum atomic E-state index is 13.4. The lowest BCUT2D eigenvalue weighted by Crippen LogP contribution is -1.96. The predicted molar refractivity (Wildman–Crippen MR) is 65.5 cm³/mol. The second kappa shape index (κ2) is 5.62. The minimum atomic E-state index is -0.910. The lowest BCUT2D eigenvalue weighted by Gasteiger charge is -2.10. The second-order valence-electron chi connectivity index (χ2n) is 3.88. The van der Waals surface area contributed by atoms with Crippen molar-refractivity contribution in [3.8, 4) is 11.5 Å². The molecule has 0 aliphatic rings. The van der Waals surface area contributed by atoms with E-state index in [9.17, 15) is 18.9 Å². The van der Waals surface area contributed by atoms with Gasteiger partial charge in [-0.25, -0.2) is 8.78 Å². The summed E-state index contributed by atoms with van der Waals surface area (Å²) in [6, 6.07) is 6.29. The normalized spacial score (nSPS) is 10.3. The second-order valence-corrected chi connectivity index (χ2v) is 3.88. The van der Waals surface area contributed by atoms with Crippen LogP contribution in [0.15, 0.2) is 36.4 Å². The molecule has 0 spiro atoms. The van der Waals surface area contributed by atoms with Crippen LogP contribution in [-0.2, 0) is 6.61 Å². The molecular weight excluding hydrogens is 272 g/mol. The highest BCUT2D eigenvalue weighted by atomic mass is 19.1. The standard InChI is InChI=1S/C13H9F2NO4/c14-9-1-3-13(11(15)6-9)20-12-4-2-10(16(18)19)5-8(12)7-17/h1-6,17H,7H2. The zero-order valence-electron chi connectivity index (χ0n) is 10.0. The average Bonchev–Trinajstić information content (AvgIpc) is 2.42. The molecular formula is C13H9F2NO4. The number of aliphatic hydroxyl groups is 1. The smallest absolute Gasteiger partial charge is 0.270 e. The Kier molecular flexibility index (Phi) is 3.90. The largest absolute Gasteiger partial charge is 0.454 e. The molecule has 7 heteroatoms. The van der Waals surface area contributed by atoms with Crippen LogP contribution in [0.25, 0.3) is 0 Å². The number of non-ortho nitro benzene ring substituents is 1. The molecule has 0 unspecified atom stereocenters. The molecule has 0 aliphatic carbocycles. The fourth-order valence-corrected chi connectivity index (χ4v) is 1.58. The molecule has 0 amide bonds. The first-order valence-corrected chi connectivity index (χ1v) is 5.52. The molecule has 2 aromatic rings. The van der Waals surface area contributed by atoms with Crippen molar-refractivity contribution in [2.45, 2.75) is 6.61 Å². The van der Waals surface area contributed by atoms with Crippen LogP contribution in [0.1, 0.15) is 5.56 Å². The number of halogens is 2. The zero-order valence-corrected chi connectivity index (χ0v) is 10.0. The Morgan fingerprint density at radius 2 is 1.85 bits per heavy atom. The summed E-state index contributed by atoms with van der Waals surface area (Å²) in [4.78, 5) is 9.99. The molecule has 0 radical (unpaired) electrons. The van der Waals surface area contributed by atoms with Gasteiger partial charge in [-0.15, -0.1) is 0 Å². The van der Waals surface area contributed by atoms with Crippen LogP contribution < -0.4 is 4.74 Å². The van der Waals surface area contributed by atoms with Gasteiger partial charge in [0.1, 0.15) is 11.6 Å². The van der Waals surface area contributed by atoms with Crippen molar-refractivity contribution < 1.29 is 23.5 Å². The van der Waals surface area contributed by atoms with E-state index in [4.69, 9.17) is 9.84 Å². The number of ether oxygens (including phenoxy) is 1. The third-order valence-corrected chi connectivity index (χ3v) is 2.54. The Hall–Kier alpha value is -2.54. The minimum Gasteiger partial charge on any atom is -0.454 e. The van der Waals surface area contributed by atoms with Gasteiger partial charge in [-0.1, -0.05) is 0 Å². The molecule has 0 saturated heterocycles. The highest BCUT2D eigenvalue weighted by Crippen LogP contribution is 2.30. The number of hydrogen-bond acceptors (Lipinski definition) is 4. The van der Waals surface area contributed by atoms with Crippen LogP contribution >= 0.6 is 0 Å². The van der Waals surface area contributed by atoms with Crippen LogP contribution in [0, 0.1) is 21.7 Å². The first kappa shape index (κ1) is 13.9. The predicted octanol–water partition coefficient (Wildman–Crippen LogP) is 3.16. The van der Waals surface area contributed by atoms with E-state index in [2.05, 4.69) is 0 Å². The molecule has 0 heterocycles. The summed E-state index contributed by atoms with van der Waals surface area (Å²) in [5, 5.41) is 19.8. The molecule has 0 aliphatic heterocycles. The number of rotatable bonds is 4. The van der Waals surface area contributed by atoms with Gasteiger partial charge in [0.2, 0.25) is 0 Å². The van der Waals surface area contributed by atoms with Gasteiger partial charge in [-0.05, 0) is 18.2 Å². The van der Waals surface area contributed by atoms with Gasteiger partial charge >= 0.3 is 0 Å². The summed E-state index contributed by atoms with van der Waals surface area (Å²) in [6.07, 6.45) is 0. The Labute approximate surface area is 112 Å². The SMILES string of the molecule is O=[N+]([O-])c1ccc(Oc2ccc(F)cc2F)c(CO)c1. The summed E-state index contributed by atoms with van der Waals surface area (Å²) in [5.41, 5.74) is -0.0936. The van der Waals surface area contributed by atoms with Crippen molar-refractivity contribution in [1.82, 2.24) is 0 Å². The van der Waals surface area contributed by atoms with Crippen LogP contribution in [-0.4, -0.2) is 10.0 Å². The molecule has 5 nitrogen and oxygen atoms in total. The van der Waals surface area contributed by atoms with Gasteiger partial charge in [0, 0.05) is 23.8 Å². The van der Waals surface area contributed by atoms with E-state index < -0.39 is 23.2 Å². The molecule has 0 fully saturated rings. The highest BCUT2D eigenvalue weighted by Gasteiger charge is 2.13. The topological polar surface area (TPSA) is 72.6 Å². The van der Waals surface area contributed by atoms with Crippen molar-refractivity contribution >= 4 is 5.69 Å². The fourth-order valence-electron chi connectivity index (χ4n) is 1.58. The van der Waals surface area contributed by atoms with E-state index in [1.165, 1.54) is 6.07 Å². The maximum absolute atomic E-state index is 13.4. The average molecular weight is 281 g/mol. The Morgan fingerprint density at radius 1 is 1.15 bits per heavy atom. The van der Waals surface area contributed by atoms with Crippen molar-refractivity contribution in [2.75, 3.05) is 0 Å². The van der Waals surface area contributed by atoms with E-state index in [-0.39, 0.29) is 22.7 Å². The lowest BCUT2D eigenvalue weighted by atomic mass is 10.2. The molecule has 2 rings (SSSR count). The van der Waals surface area contributed by atoms with E-state index in [1.54, 1.807) is 0 Å². The van der Waals surface area contributed by atoms with Gasteiger partial charge in [0.05, 0.1) is 11.5 Å². The number of hydrogen-bond donors (Lipinski definition) is 1. The van der Waals surface area contributed by atoms with E-state index >= 15 is 0 Å². The van der Waals surface area contributed by atoms with Gasteiger partial charge < -0.3 is 9.84 Å². The third-order valence-electron chi connectivity index (χ3n) is 2.54. The van der Waals surface area contributed by atoms with Crippen LogP contribution in [0.4, 0.5) is 14.5 Å². The number of nitrogens with zero attached hydrogens (tertiary/aromatic N) is 1. The molecule has 20 heavy (non-hydrogen) atoms. The third kappa shape index (κ3) is 2.89. The summed E-state index contributed by atoms with van der Waals surface area (Å²) in [5.74, 6) is -1.84. The molecule has 1 N–H and O–H groups in total. The Morgan fingerprint density at radius 3 is 2.45 bits per heavy atom. The van der Waals surface area contributed by atoms with Crippen molar-refractivity contribution in [3.05, 3.63) is 63.7 Å². The van der Waals surface area contributed by atoms with Crippen molar-refractivity contribution in [1.29, 1.82) is 0 Å². The quantitative estimate of drug-likeness (QED) is 0.690. The number of aliphatic hydroxyl groups excluding tert-OH is 1. The maximum Gasteiger partial charge on any atom is 0.270 e. The molecule has 104 valence electrons. The summed E-state index contributed by atoms with van der Waals surface area (Å²) >= 11 is 0. The van der Waals surface area contributed by atoms with Gasteiger partial charge in [0.25, 0.3) is 5.69 Å². The zero-order chi connectivity index (χ0) is 14.7. The molecule has 0 atom stereocenters. The Balaban J connectivity index is 2.35. The fraction of sp³-hybridized carbons (Fsp3) is 0.0769. The number of benzene rings is 2. The number of nitro benzene ring substituents is 1. The number of nitro groups is 1. The molecule has 0 saturated carbocycles. The van der Waals surface area contributed by atoms with Crippen LogP contribution in [0.3, 0.4) is 0 Å². The van der Waals surface area contributed by atoms with Crippen LogP contribution in [0.2, 0.25) is 0 Å². The first-order valence-electron chi connectivity index (χ1n) is 5.52. The molecule has 0 bridgehead atoms. The highest BCUT2D eigenvalue weighted by molar-refractivity contribution is 5.45. The lowest BCUT2D eigenvalue weighted by molar-refractivity contribution is -0.385. The van der Waals surface area contributed by atoms with Crippen LogP contribution in [0.5, 0.6) is 11.5 Å². The van der Waals surface area contributed by atoms with Crippen molar-refractivity contribution in [2.24, 2.45) is 0 Å². The van der Waals surface area contributed by atoms with Gasteiger partial charge in [-0.3, -0.25) is 10.1 Å². The van der Waals surface area contributed by atoms with E-state index in [0.29, 0.717) is 6.07 Å².